The Morgan fingerprint density at radius 3 is 2.24 bits per heavy atom. The zero-order valence-corrected chi connectivity index (χ0v) is 10.3. The van der Waals surface area contributed by atoms with Crippen LogP contribution in [0.4, 0.5) is 22.0 Å². The Labute approximate surface area is 115 Å². The minimum atomic E-state index is -4.86. The quantitative estimate of drug-likeness (QED) is 0.498. The van der Waals surface area contributed by atoms with Gasteiger partial charge in [0.15, 0.2) is 17.4 Å². The standard InChI is InChI=1S/C12H9F5O4/c13-8-5-7(1-2-10(18)19)6-9(14)11(8)20-3-4-21-12(15,16)17/h1-2,5-6H,3-4H2,(H,18,19). The van der Waals surface area contributed by atoms with Crippen molar-refractivity contribution in [1.82, 2.24) is 0 Å². The van der Waals surface area contributed by atoms with Crippen molar-refractivity contribution in [3.63, 3.8) is 0 Å². The second-order valence-electron chi connectivity index (χ2n) is 3.63. The maximum atomic E-state index is 13.5. The Morgan fingerprint density at radius 1 is 1.19 bits per heavy atom. The first kappa shape index (κ1) is 16.9. The Morgan fingerprint density at radius 2 is 1.76 bits per heavy atom. The molecule has 0 saturated carbocycles. The van der Waals surface area contributed by atoms with Gasteiger partial charge in [-0.05, 0) is 23.8 Å². The SMILES string of the molecule is O=C(O)C=Cc1cc(F)c(OCCOC(F)(F)F)c(F)c1. The van der Waals surface area contributed by atoms with Crippen molar-refractivity contribution in [3.8, 4) is 5.75 Å². The first-order valence-electron chi connectivity index (χ1n) is 5.42. The molecule has 1 aromatic carbocycles. The highest BCUT2D eigenvalue weighted by atomic mass is 19.4. The molecule has 0 fully saturated rings. The number of benzene rings is 1. The van der Waals surface area contributed by atoms with Gasteiger partial charge in [0.05, 0.1) is 6.61 Å². The minimum Gasteiger partial charge on any atom is -0.485 e. The largest absolute Gasteiger partial charge is 0.522 e. The third kappa shape index (κ3) is 6.21. The van der Waals surface area contributed by atoms with Crippen LogP contribution in [0, 0.1) is 11.6 Å². The molecule has 9 heteroatoms. The first-order chi connectivity index (χ1) is 9.69. The summed E-state index contributed by atoms with van der Waals surface area (Å²) in [7, 11) is 0. The minimum absolute atomic E-state index is 0.0775. The topological polar surface area (TPSA) is 55.8 Å². The van der Waals surface area contributed by atoms with Gasteiger partial charge >= 0.3 is 12.3 Å². The molecular weight excluding hydrogens is 303 g/mol. The van der Waals surface area contributed by atoms with Crippen LogP contribution in [0.15, 0.2) is 18.2 Å². The van der Waals surface area contributed by atoms with Gasteiger partial charge in [-0.25, -0.2) is 13.6 Å². The van der Waals surface area contributed by atoms with Gasteiger partial charge < -0.3 is 9.84 Å². The fourth-order valence-electron chi connectivity index (χ4n) is 1.28. The van der Waals surface area contributed by atoms with Crippen LogP contribution >= 0.6 is 0 Å². The molecule has 4 nitrogen and oxygen atoms in total. The van der Waals surface area contributed by atoms with E-state index < -0.39 is 42.9 Å². The van der Waals surface area contributed by atoms with Crippen LogP contribution in [0.5, 0.6) is 5.75 Å². The monoisotopic (exact) mass is 312 g/mol. The first-order valence-corrected chi connectivity index (χ1v) is 5.42. The van der Waals surface area contributed by atoms with Crippen LogP contribution in [-0.4, -0.2) is 30.7 Å². The molecule has 0 bridgehead atoms. The average molecular weight is 312 g/mol. The number of aliphatic carboxylic acids is 1. The van der Waals surface area contributed by atoms with Crippen molar-refractivity contribution in [2.45, 2.75) is 6.36 Å². The van der Waals surface area contributed by atoms with Gasteiger partial charge in [0.1, 0.15) is 6.61 Å². The molecule has 0 saturated heterocycles. The van der Waals surface area contributed by atoms with E-state index in [-0.39, 0.29) is 5.56 Å². The highest BCUT2D eigenvalue weighted by Crippen LogP contribution is 2.24. The molecule has 116 valence electrons. The smallest absolute Gasteiger partial charge is 0.485 e. The fraction of sp³-hybridized carbons (Fsp3) is 0.250. The molecule has 0 spiro atoms. The van der Waals surface area contributed by atoms with E-state index in [2.05, 4.69) is 9.47 Å². The van der Waals surface area contributed by atoms with Crippen LogP contribution < -0.4 is 4.74 Å². The summed E-state index contributed by atoms with van der Waals surface area (Å²) in [4.78, 5) is 10.3. The number of ether oxygens (including phenoxy) is 2. The zero-order valence-electron chi connectivity index (χ0n) is 10.3. The van der Waals surface area contributed by atoms with Crippen molar-refractivity contribution in [1.29, 1.82) is 0 Å². The summed E-state index contributed by atoms with van der Waals surface area (Å²) in [6.45, 7) is -1.64. The van der Waals surface area contributed by atoms with E-state index in [1.54, 1.807) is 0 Å². The number of carbonyl (C=O) groups is 1. The zero-order chi connectivity index (χ0) is 16.0. The summed E-state index contributed by atoms with van der Waals surface area (Å²) in [6, 6.07) is 1.56. The molecule has 0 radical (unpaired) electrons. The number of hydrogen-bond acceptors (Lipinski definition) is 3. The molecule has 1 aromatic rings. The van der Waals surface area contributed by atoms with Crippen molar-refractivity contribution in [2.24, 2.45) is 0 Å². The van der Waals surface area contributed by atoms with Crippen molar-refractivity contribution >= 4 is 12.0 Å². The summed E-state index contributed by atoms with van der Waals surface area (Å²) in [5, 5.41) is 8.37. The predicted octanol–water partition coefficient (Wildman–Crippen LogP) is 2.98. The number of carboxylic acid groups (broad SMARTS) is 1. The molecule has 21 heavy (non-hydrogen) atoms. The van der Waals surface area contributed by atoms with E-state index in [0.717, 1.165) is 18.2 Å². The molecule has 0 aliphatic heterocycles. The summed E-state index contributed by atoms with van der Waals surface area (Å²) in [6.07, 6.45) is -3.23. The van der Waals surface area contributed by atoms with Crippen LogP contribution in [-0.2, 0) is 9.53 Å². The molecule has 0 amide bonds. The molecule has 0 heterocycles. The molecule has 0 aliphatic carbocycles. The van der Waals surface area contributed by atoms with E-state index in [4.69, 9.17) is 5.11 Å². The molecule has 0 aromatic heterocycles. The Bertz CT molecular complexity index is 516. The van der Waals surface area contributed by atoms with Crippen LogP contribution in [0.2, 0.25) is 0 Å². The molecule has 1 N–H and O–H groups in total. The maximum Gasteiger partial charge on any atom is 0.522 e. The lowest BCUT2D eigenvalue weighted by Crippen LogP contribution is -2.18. The lowest BCUT2D eigenvalue weighted by molar-refractivity contribution is -0.325. The number of carboxylic acids is 1. The second kappa shape index (κ2) is 7.02. The lowest BCUT2D eigenvalue weighted by Gasteiger charge is -2.10. The summed E-state index contributed by atoms with van der Waals surface area (Å²) >= 11 is 0. The van der Waals surface area contributed by atoms with Gasteiger partial charge in [0.2, 0.25) is 0 Å². The highest BCUT2D eigenvalue weighted by molar-refractivity contribution is 5.85. The average Bonchev–Trinajstić information content (AvgIpc) is 2.33. The predicted molar refractivity (Wildman–Crippen MR) is 60.5 cm³/mol. The van der Waals surface area contributed by atoms with Gasteiger partial charge in [0, 0.05) is 6.08 Å². The van der Waals surface area contributed by atoms with Crippen LogP contribution in [0.1, 0.15) is 5.56 Å². The van der Waals surface area contributed by atoms with Crippen LogP contribution in [0.3, 0.4) is 0 Å². The van der Waals surface area contributed by atoms with E-state index in [9.17, 15) is 26.7 Å². The van der Waals surface area contributed by atoms with Gasteiger partial charge in [0.25, 0.3) is 0 Å². The lowest BCUT2D eigenvalue weighted by atomic mass is 10.2. The summed E-state index contributed by atoms with van der Waals surface area (Å²) < 4.78 is 69.9. The van der Waals surface area contributed by atoms with Gasteiger partial charge in [-0.1, -0.05) is 0 Å². The number of rotatable bonds is 6. The van der Waals surface area contributed by atoms with Crippen molar-refractivity contribution < 1.29 is 41.3 Å². The molecular formula is C12H9F5O4. The normalized spacial score (nSPS) is 11.9. The number of alkyl halides is 3. The Hall–Kier alpha value is -2.16. The number of halogens is 5. The van der Waals surface area contributed by atoms with Gasteiger partial charge in [-0.3, -0.25) is 4.74 Å². The summed E-state index contributed by atoms with van der Waals surface area (Å²) in [5.41, 5.74) is -0.0775. The van der Waals surface area contributed by atoms with E-state index in [1.807, 2.05) is 0 Å². The third-order valence-corrected chi connectivity index (χ3v) is 2.03. The Balaban J connectivity index is 2.70. The van der Waals surface area contributed by atoms with Gasteiger partial charge in [-0.2, -0.15) is 0 Å². The molecule has 0 atom stereocenters. The maximum absolute atomic E-state index is 13.5. The third-order valence-electron chi connectivity index (χ3n) is 2.03. The van der Waals surface area contributed by atoms with E-state index in [1.165, 1.54) is 0 Å². The van der Waals surface area contributed by atoms with Crippen molar-refractivity contribution in [3.05, 3.63) is 35.4 Å². The van der Waals surface area contributed by atoms with E-state index >= 15 is 0 Å². The van der Waals surface area contributed by atoms with E-state index in [0.29, 0.717) is 6.08 Å². The van der Waals surface area contributed by atoms with Gasteiger partial charge in [-0.15, -0.1) is 13.2 Å². The molecule has 1 rings (SSSR count). The fourth-order valence-corrected chi connectivity index (χ4v) is 1.28. The highest BCUT2D eigenvalue weighted by Gasteiger charge is 2.28. The number of hydrogen-bond donors (Lipinski definition) is 1. The molecule has 0 aliphatic rings. The molecule has 0 unspecified atom stereocenters. The Kier molecular flexibility index (Phi) is 5.65. The van der Waals surface area contributed by atoms with Crippen LogP contribution in [0.25, 0.3) is 6.08 Å². The summed E-state index contributed by atoms with van der Waals surface area (Å²) in [5.74, 6) is -4.52. The second-order valence-corrected chi connectivity index (χ2v) is 3.63. The van der Waals surface area contributed by atoms with Crippen molar-refractivity contribution in [2.75, 3.05) is 13.2 Å².